The van der Waals surface area contributed by atoms with Crippen LogP contribution in [0.5, 0.6) is 0 Å². The molecule has 0 fully saturated rings. The number of hydrogen-bond acceptors (Lipinski definition) is 3. The first kappa shape index (κ1) is 14.1. The zero-order valence-electron chi connectivity index (χ0n) is 12.3. The second-order valence-corrected chi connectivity index (χ2v) is 4.84. The molecule has 0 aliphatic rings. The van der Waals surface area contributed by atoms with Gasteiger partial charge in [-0.1, -0.05) is 6.07 Å². The number of rotatable bonds is 4. The van der Waals surface area contributed by atoms with Crippen LogP contribution in [-0.2, 0) is 7.05 Å². The molecule has 0 bridgehead atoms. The van der Waals surface area contributed by atoms with Crippen LogP contribution in [0.15, 0.2) is 24.4 Å². The number of anilines is 2. The summed E-state index contributed by atoms with van der Waals surface area (Å²) in [4.78, 5) is 12.4. The first-order chi connectivity index (χ1) is 9.51. The molecule has 106 valence electrons. The summed E-state index contributed by atoms with van der Waals surface area (Å²) in [5.41, 5.74) is 4.15. The van der Waals surface area contributed by atoms with E-state index in [1.807, 2.05) is 46.0 Å². The minimum absolute atomic E-state index is 0.128. The third-order valence-electron chi connectivity index (χ3n) is 3.05. The monoisotopic (exact) mass is 272 g/mol. The van der Waals surface area contributed by atoms with E-state index in [4.69, 9.17) is 0 Å². The molecule has 0 unspecified atom stereocenters. The van der Waals surface area contributed by atoms with Gasteiger partial charge in [-0.3, -0.25) is 9.48 Å². The van der Waals surface area contributed by atoms with Crippen molar-refractivity contribution in [2.24, 2.45) is 7.05 Å². The minimum atomic E-state index is -0.128. The molecule has 1 amide bonds. The van der Waals surface area contributed by atoms with Crippen molar-refractivity contribution in [3.63, 3.8) is 0 Å². The van der Waals surface area contributed by atoms with Gasteiger partial charge in [-0.15, -0.1) is 0 Å². The Labute approximate surface area is 119 Å². The topological polar surface area (TPSA) is 59.0 Å². The Morgan fingerprint density at radius 3 is 2.65 bits per heavy atom. The number of nitrogens with one attached hydrogen (secondary N) is 2. The summed E-state index contributed by atoms with van der Waals surface area (Å²) in [6, 6.07) is 5.76. The zero-order valence-corrected chi connectivity index (χ0v) is 12.3. The molecular weight excluding hydrogens is 252 g/mol. The van der Waals surface area contributed by atoms with Gasteiger partial charge in [0.1, 0.15) is 0 Å². The van der Waals surface area contributed by atoms with Crippen molar-refractivity contribution >= 4 is 17.3 Å². The average Bonchev–Trinajstić information content (AvgIpc) is 2.68. The molecule has 20 heavy (non-hydrogen) atoms. The van der Waals surface area contributed by atoms with E-state index in [1.54, 1.807) is 10.9 Å². The molecule has 1 heterocycles. The highest BCUT2D eigenvalue weighted by molar-refractivity contribution is 6.08. The first-order valence-corrected chi connectivity index (χ1v) is 6.67. The maximum Gasteiger partial charge on any atom is 0.257 e. The van der Waals surface area contributed by atoms with Crippen molar-refractivity contribution in [2.75, 3.05) is 17.2 Å². The lowest BCUT2D eigenvalue weighted by Crippen LogP contribution is -2.15. The van der Waals surface area contributed by atoms with Crippen molar-refractivity contribution < 1.29 is 4.79 Å². The summed E-state index contributed by atoms with van der Waals surface area (Å²) in [6.07, 6.45) is 1.80. The lowest BCUT2D eigenvalue weighted by molar-refractivity contribution is 0.102. The average molecular weight is 272 g/mol. The maximum absolute atomic E-state index is 12.4. The molecule has 0 spiro atoms. The van der Waals surface area contributed by atoms with E-state index in [2.05, 4.69) is 15.7 Å². The molecule has 0 radical (unpaired) electrons. The molecule has 0 saturated heterocycles. The van der Waals surface area contributed by atoms with Gasteiger partial charge in [0, 0.05) is 25.5 Å². The Balaban J connectivity index is 2.27. The van der Waals surface area contributed by atoms with Crippen LogP contribution in [0.25, 0.3) is 0 Å². The predicted octanol–water partition coefficient (Wildman–Crippen LogP) is 2.72. The lowest BCUT2D eigenvalue weighted by atomic mass is 10.1. The fraction of sp³-hybridized carbons (Fsp3) is 0.333. The zero-order chi connectivity index (χ0) is 14.7. The third kappa shape index (κ3) is 2.99. The number of amides is 1. The van der Waals surface area contributed by atoms with E-state index in [0.29, 0.717) is 5.56 Å². The van der Waals surface area contributed by atoms with Gasteiger partial charge in [-0.25, -0.2) is 0 Å². The summed E-state index contributed by atoms with van der Waals surface area (Å²) in [5.74, 6) is -0.128. The highest BCUT2D eigenvalue weighted by atomic mass is 16.1. The molecule has 0 atom stereocenters. The molecule has 0 aliphatic carbocycles. The van der Waals surface area contributed by atoms with Crippen molar-refractivity contribution in [3.05, 3.63) is 41.2 Å². The van der Waals surface area contributed by atoms with Crippen LogP contribution in [0.1, 0.15) is 28.5 Å². The largest absolute Gasteiger partial charge is 0.385 e. The fourth-order valence-corrected chi connectivity index (χ4v) is 2.10. The third-order valence-corrected chi connectivity index (χ3v) is 3.05. The van der Waals surface area contributed by atoms with Crippen LogP contribution in [0.4, 0.5) is 11.4 Å². The SMILES string of the molecule is CCNc1cc(C)ccc1C(=O)Nc1cn(C)nc1C. The van der Waals surface area contributed by atoms with Gasteiger partial charge in [0.15, 0.2) is 0 Å². The van der Waals surface area contributed by atoms with Gasteiger partial charge in [-0.2, -0.15) is 5.10 Å². The van der Waals surface area contributed by atoms with Gasteiger partial charge in [-0.05, 0) is 38.5 Å². The predicted molar refractivity (Wildman–Crippen MR) is 81.2 cm³/mol. The molecular formula is C15H20N4O. The van der Waals surface area contributed by atoms with Crippen LogP contribution in [0, 0.1) is 13.8 Å². The van der Waals surface area contributed by atoms with E-state index in [9.17, 15) is 4.79 Å². The molecule has 0 saturated carbocycles. The Morgan fingerprint density at radius 2 is 2.05 bits per heavy atom. The molecule has 2 rings (SSSR count). The van der Waals surface area contributed by atoms with Crippen molar-refractivity contribution in [1.82, 2.24) is 9.78 Å². The number of carbonyl (C=O) groups excluding carboxylic acids is 1. The standard InChI is InChI=1S/C15H20N4O/c1-5-16-13-8-10(2)6-7-12(13)15(20)17-14-9-19(4)18-11(14)3/h6-9,16H,5H2,1-4H3,(H,17,20). The van der Waals surface area contributed by atoms with Crippen LogP contribution in [0.3, 0.4) is 0 Å². The Bertz CT molecular complexity index is 631. The number of aryl methyl sites for hydroxylation is 3. The number of carbonyl (C=O) groups is 1. The van der Waals surface area contributed by atoms with Crippen LogP contribution >= 0.6 is 0 Å². The molecule has 2 N–H and O–H groups in total. The summed E-state index contributed by atoms with van der Waals surface area (Å²) < 4.78 is 1.69. The van der Waals surface area contributed by atoms with E-state index in [1.165, 1.54) is 0 Å². The molecule has 1 aromatic heterocycles. The molecule has 0 aliphatic heterocycles. The van der Waals surface area contributed by atoms with Gasteiger partial charge < -0.3 is 10.6 Å². The highest BCUT2D eigenvalue weighted by Gasteiger charge is 2.13. The summed E-state index contributed by atoms with van der Waals surface area (Å²) in [5, 5.41) is 10.3. The molecule has 2 aromatic rings. The normalized spacial score (nSPS) is 10.4. The van der Waals surface area contributed by atoms with Gasteiger partial charge in [0.05, 0.1) is 16.9 Å². The number of aromatic nitrogens is 2. The quantitative estimate of drug-likeness (QED) is 0.899. The maximum atomic E-state index is 12.4. The Morgan fingerprint density at radius 1 is 1.30 bits per heavy atom. The number of benzene rings is 1. The van der Waals surface area contributed by atoms with Gasteiger partial charge >= 0.3 is 0 Å². The van der Waals surface area contributed by atoms with Crippen LogP contribution < -0.4 is 10.6 Å². The van der Waals surface area contributed by atoms with E-state index < -0.39 is 0 Å². The highest BCUT2D eigenvalue weighted by Crippen LogP contribution is 2.20. The summed E-state index contributed by atoms with van der Waals surface area (Å²) in [6.45, 7) is 6.66. The molecule has 5 nitrogen and oxygen atoms in total. The first-order valence-electron chi connectivity index (χ1n) is 6.67. The lowest BCUT2D eigenvalue weighted by Gasteiger charge is -2.11. The van der Waals surface area contributed by atoms with E-state index in [-0.39, 0.29) is 5.91 Å². The second kappa shape index (κ2) is 5.77. The van der Waals surface area contributed by atoms with E-state index >= 15 is 0 Å². The summed E-state index contributed by atoms with van der Waals surface area (Å²) >= 11 is 0. The molecule has 5 heteroatoms. The van der Waals surface area contributed by atoms with Crippen molar-refractivity contribution in [1.29, 1.82) is 0 Å². The smallest absolute Gasteiger partial charge is 0.257 e. The number of nitrogens with zero attached hydrogens (tertiary/aromatic N) is 2. The second-order valence-electron chi connectivity index (χ2n) is 4.84. The summed E-state index contributed by atoms with van der Waals surface area (Å²) in [7, 11) is 1.83. The fourth-order valence-electron chi connectivity index (χ4n) is 2.10. The van der Waals surface area contributed by atoms with Crippen LogP contribution in [-0.4, -0.2) is 22.2 Å². The Kier molecular flexibility index (Phi) is 4.08. The Hall–Kier alpha value is -2.30. The van der Waals surface area contributed by atoms with Crippen molar-refractivity contribution in [3.8, 4) is 0 Å². The van der Waals surface area contributed by atoms with Gasteiger partial charge in [0.2, 0.25) is 0 Å². The molecule has 1 aromatic carbocycles. The van der Waals surface area contributed by atoms with Crippen molar-refractivity contribution in [2.45, 2.75) is 20.8 Å². The van der Waals surface area contributed by atoms with Gasteiger partial charge in [0.25, 0.3) is 5.91 Å². The number of hydrogen-bond donors (Lipinski definition) is 2. The minimum Gasteiger partial charge on any atom is -0.385 e. The van der Waals surface area contributed by atoms with E-state index in [0.717, 1.165) is 29.2 Å². The van der Waals surface area contributed by atoms with Crippen LogP contribution in [0.2, 0.25) is 0 Å².